The molecule has 0 radical (unpaired) electrons. The van der Waals surface area contributed by atoms with E-state index in [1.54, 1.807) is 43.4 Å². The van der Waals surface area contributed by atoms with Crippen molar-refractivity contribution in [2.24, 2.45) is 0 Å². The number of hydrogen-bond donors (Lipinski definition) is 1. The van der Waals surface area contributed by atoms with Crippen LogP contribution in [0.4, 0.5) is 13.6 Å². The van der Waals surface area contributed by atoms with Crippen molar-refractivity contribution < 1.29 is 23.0 Å². The lowest BCUT2D eigenvalue weighted by Gasteiger charge is -2.18. The van der Waals surface area contributed by atoms with E-state index in [4.69, 9.17) is 16.3 Å². The van der Waals surface area contributed by atoms with Crippen LogP contribution in [0.5, 0.6) is 11.5 Å². The van der Waals surface area contributed by atoms with Gasteiger partial charge in [-0.25, -0.2) is 4.79 Å². The van der Waals surface area contributed by atoms with Gasteiger partial charge >= 0.3 is 12.6 Å². The summed E-state index contributed by atoms with van der Waals surface area (Å²) in [7, 11) is 1.63. The van der Waals surface area contributed by atoms with Gasteiger partial charge in [-0.05, 0) is 35.9 Å². The third kappa shape index (κ3) is 6.76. The van der Waals surface area contributed by atoms with E-state index in [2.05, 4.69) is 10.1 Å². The molecule has 2 amide bonds. The van der Waals surface area contributed by atoms with Crippen LogP contribution in [-0.4, -0.2) is 37.7 Å². The van der Waals surface area contributed by atoms with E-state index < -0.39 is 6.61 Å². The van der Waals surface area contributed by atoms with Crippen molar-refractivity contribution in [1.29, 1.82) is 0 Å². The van der Waals surface area contributed by atoms with Crippen LogP contribution in [0.3, 0.4) is 0 Å². The maximum atomic E-state index is 12.2. The number of alkyl halides is 2. The van der Waals surface area contributed by atoms with Crippen LogP contribution >= 0.6 is 11.6 Å². The lowest BCUT2D eigenvalue weighted by atomic mass is 10.2. The molecule has 0 aliphatic heterocycles. The SMILES string of the molecule is CN(CCOc1cccc(Cl)c1)C(=O)NCc1cccc(OC(F)F)c1. The molecular formula is C18H19ClF2N2O3. The minimum Gasteiger partial charge on any atom is -0.492 e. The van der Waals surface area contributed by atoms with E-state index in [1.807, 2.05) is 0 Å². The highest BCUT2D eigenvalue weighted by Gasteiger charge is 2.09. The summed E-state index contributed by atoms with van der Waals surface area (Å²) in [4.78, 5) is 13.5. The van der Waals surface area contributed by atoms with E-state index >= 15 is 0 Å². The van der Waals surface area contributed by atoms with Crippen molar-refractivity contribution in [3.05, 3.63) is 59.1 Å². The second-order valence-electron chi connectivity index (χ2n) is 5.41. The average molecular weight is 385 g/mol. The smallest absolute Gasteiger partial charge is 0.387 e. The Morgan fingerprint density at radius 2 is 1.92 bits per heavy atom. The summed E-state index contributed by atoms with van der Waals surface area (Å²) in [6.07, 6.45) is 0. The Balaban J connectivity index is 1.75. The molecule has 2 rings (SSSR count). The van der Waals surface area contributed by atoms with Gasteiger partial charge in [-0.15, -0.1) is 0 Å². The Labute approximate surface area is 155 Å². The second-order valence-corrected chi connectivity index (χ2v) is 5.85. The quantitative estimate of drug-likeness (QED) is 0.743. The first-order chi connectivity index (χ1) is 12.4. The molecule has 8 heteroatoms. The summed E-state index contributed by atoms with van der Waals surface area (Å²) in [6.45, 7) is -2.02. The highest BCUT2D eigenvalue weighted by Crippen LogP contribution is 2.17. The number of urea groups is 1. The Morgan fingerprint density at radius 3 is 2.65 bits per heavy atom. The number of carbonyl (C=O) groups is 1. The van der Waals surface area contributed by atoms with Crippen molar-refractivity contribution in [3.63, 3.8) is 0 Å². The van der Waals surface area contributed by atoms with E-state index in [9.17, 15) is 13.6 Å². The van der Waals surface area contributed by atoms with Gasteiger partial charge in [0.25, 0.3) is 0 Å². The molecule has 0 saturated heterocycles. The Morgan fingerprint density at radius 1 is 1.19 bits per heavy atom. The molecule has 0 fully saturated rings. The molecule has 0 spiro atoms. The molecule has 0 atom stereocenters. The molecule has 140 valence electrons. The van der Waals surface area contributed by atoms with E-state index in [1.165, 1.54) is 17.0 Å². The first kappa shape index (κ1) is 19.8. The minimum atomic E-state index is -2.88. The molecule has 2 aromatic rings. The summed E-state index contributed by atoms with van der Waals surface area (Å²) in [5.74, 6) is 0.678. The number of hydrogen-bond acceptors (Lipinski definition) is 3. The van der Waals surface area contributed by atoms with Gasteiger partial charge < -0.3 is 19.7 Å². The maximum absolute atomic E-state index is 12.2. The molecule has 0 aromatic heterocycles. The predicted molar refractivity (Wildman–Crippen MR) is 94.9 cm³/mol. The highest BCUT2D eigenvalue weighted by atomic mass is 35.5. The number of carbonyl (C=O) groups excluding carboxylic acids is 1. The third-order valence-electron chi connectivity index (χ3n) is 3.41. The number of halogens is 3. The first-order valence-corrected chi connectivity index (χ1v) is 8.23. The van der Waals surface area contributed by atoms with Crippen molar-refractivity contribution >= 4 is 17.6 Å². The van der Waals surface area contributed by atoms with Gasteiger partial charge in [0.2, 0.25) is 0 Å². The zero-order valence-electron chi connectivity index (χ0n) is 14.1. The van der Waals surface area contributed by atoms with Crippen LogP contribution in [0.15, 0.2) is 48.5 Å². The van der Waals surface area contributed by atoms with Gasteiger partial charge in [-0.1, -0.05) is 29.8 Å². The molecule has 0 bridgehead atoms. The van der Waals surface area contributed by atoms with E-state index in [0.717, 1.165) is 0 Å². The summed E-state index contributed by atoms with van der Waals surface area (Å²) in [5.41, 5.74) is 0.653. The second kappa shape index (κ2) is 9.82. The lowest BCUT2D eigenvalue weighted by Crippen LogP contribution is -2.39. The molecule has 0 aliphatic rings. The zero-order valence-corrected chi connectivity index (χ0v) is 14.9. The lowest BCUT2D eigenvalue weighted by molar-refractivity contribution is -0.0498. The molecule has 0 unspecified atom stereocenters. The minimum absolute atomic E-state index is 0.0509. The fourth-order valence-electron chi connectivity index (χ4n) is 2.10. The van der Waals surface area contributed by atoms with Crippen molar-refractivity contribution in [1.82, 2.24) is 10.2 Å². The monoisotopic (exact) mass is 384 g/mol. The molecule has 0 saturated carbocycles. The van der Waals surface area contributed by atoms with Gasteiger partial charge in [-0.3, -0.25) is 0 Å². The number of likely N-dealkylation sites (N-methyl/N-ethyl adjacent to an activating group) is 1. The Kier molecular flexibility index (Phi) is 7.47. The van der Waals surface area contributed by atoms with Crippen LogP contribution in [0.2, 0.25) is 5.02 Å². The van der Waals surface area contributed by atoms with Crippen LogP contribution < -0.4 is 14.8 Å². The molecule has 2 aromatic carbocycles. The Hall–Kier alpha value is -2.54. The van der Waals surface area contributed by atoms with E-state index in [0.29, 0.717) is 29.5 Å². The predicted octanol–water partition coefficient (Wildman–Crippen LogP) is 4.16. The summed E-state index contributed by atoms with van der Waals surface area (Å²) < 4.78 is 34.3. The van der Waals surface area contributed by atoms with Crippen LogP contribution in [0, 0.1) is 0 Å². The maximum Gasteiger partial charge on any atom is 0.387 e. The largest absolute Gasteiger partial charge is 0.492 e. The number of benzene rings is 2. The van der Waals surface area contributed by atoms with Gasteiger partial charge in [-0.2, -0.15) is 8.78 Å². The van der Waals surface area contributed by atoms with Gasteiger partial charge in [0.05, 0.1) is 6.54 Å². The normalized spacial score (nSPS) is 10.5. The molecule has 1 N–H and O–H groups in total. The average Bonchev–Trinajstić information content (AvgIpc) is 2.59. The van der Waals surface area contributed by atoms with Crippen LogP contribution in [0.25, 0.3) is 0 Å². The van der Waals surface area contributed by atoms with Crippen LogP contribution in [0.1, 0.15) is 5.56 Å². The number of rotatable bonds is 8. The first-order valence-electron chi connectivity index (χ1n) is 7.85. The van der Waals surface area contributed by atoms with Crippen molar-refractivity contribution in [2.75, 3.05) is 20.2 Å². The zero-order chi connectivity index (χ0) is 18.9. The summed E-state index contributed by atoms with van der Waals surface area (Å²) in [5, 5.41) is 3.28. The van der Waals surface area contributed by atoms with E-state index in [-0.39, 0.29) is 18.3 Å². The number of nitrogens with one attached hydrogen (secondary N) is 1. The standard InChI is InChI=1S/C18H19ClF2N2O3/c1-23(8-9-25-15-6-3-5-14(19)11-15)18(24)22-12-13-4-2-7-16(10-13)26-17(20)21/h2-7,10-11,17H,8-9,12H2,1H3,(H,22,24). The summed E-state index contributed by atoms with van der Waals surface area (Å²) in [6, 6.07) is 12.9. The van der Waals surface area contributed by atoms with Gasteiger partial charge in [0.1, 0.15) is 18.1 Å². The molecule has 0 heterocycles. The number of ether oxygens (including phenoxy) is 2. The number of nitrogens with zero attached hydrogens (tertiary/aromatic N) is 1. The Bertz CT molecular complexity index is 731. The van der Waals surface area contributed by atoms with Crippen molar-refractivity contribution in [3.8, 4) is 11.5 Å². The molecule has 5 nitrogen and oxygen atoms in total. The van der Waals surface area contributed by atoms with Gasteiger partial charge in [0, 0.05) is 18.6 Å². The molecular weight excluding hydrogens is 366 g/mol. The van der Waals surface area contributed by atoms with Gasteiger partial charge in [0.15, 0.2) is 0 Å². The number of amides is 2. The van der Waals surface area contributed by atoms with Crippen molar-refractivity contribution in [2.45, 2.75) is 13.2 Å². The highest BCUT2D eigenvalue weighted by molar-refractivity contribution is 6.30. The molecule has 0 aliphatic carbocycles. The molecule has 26 heavy (non-hydrogen) atoms. The fraction of sp³-hybridized carbons (Fsp3) is 0.278. The summed E-state index contributed by atoms with van der Waals surface area (Å²) >= 11 is 5.87. The fourth-order valence-corrected chi connectivity index (χ4v) is 2.28. The third-order valence-corrected chi connectivity index (χ3v) is 3.64. The van der Waals surface area contributed by atoms with Crippen LogP contribution in [-0.2, 0) is 6.54 Å². The topological polar surface area (TPSA) is 50.8 Å².